The number of fused-ring (bicyclic) bond motifs is 3. The summed E-state index contributed by atoms with van der Waals surface area (Å²) in [6.07, 6.45) is -2.24. The van der Waals surface area contributed by atoms with Gasteiger partial charge in [0.15, 0.2) is 11.4 Å². The molecule has 3 aliphatic rings. The first kappa shape index (κ1) is 23.5. The summed E-state index contributed by atoms with van der Waals surface area (Å²) < 4.78 is 0. The molecule has 11 nitrogen and oxygen atoms in total. The average Bonchev–Trinajstić information content (AvgIpc) is 2.75. The van der Waals surface area contributed by atoms with E-state index >= 15 is 0 Å². The highest BCUT2D eigenvalue weighted by molar-refractivity contribution is 6.23. The molecule has 0 aliphatic heterocycles. The molecule has 5 atom stereocenters. The zero-order valence-electron chi connectivity index (χ0n) is 18.6. The summed E-state index contributed by atoms with van der Waals surface area (Å²) in [7, 11) is 2.93. The predicted octanol–water partition coefficient (Wildman–Crippen LogP) is -0.342. The number of nitrogens with two attached hydrogens (primary N) is 1. The number of benzene rings is 1. The maximum atomic E-state index is 13.6. The number of nitrogens with zero attached hydrogens (tertiary/aromatic N) is 1. The molecule has 7 N–H and O–H groups in total. The monoisotopic (exact) mass is 472 g/mol. The van der Waals surface area contributed by atoms with E-state index in [-0.39, 0.29) is 11.1 Å². The van der Waals surface area contributed by atoms with Crippen molar-refractivity contribution in [1.29, 1.82) is 0 Å². The number of aromatic hydroxyl groups is 1. The number of phenolic OH excluding ortho intramolecular Hbond substituents is 1. The van der Waals surface area contributed by atoms with Crippen molar-refractivity contribution in [2.45, 2.75) is 31.0 Å². The van der Waals surface area contributed by atoms with Crippen LogP contribution in [0.15, 0.2) is 29.0 Å². The smallest absolute Gasteiger partial charge is 0.257 e. The zero-order chi connectivity index (χ0) is 25.4. The zero-order valence-corrected chi connectivity index (χ0v) is 18.6. The van der Waals surface area contributed by atoms with Gasteiger partial charge in [-0.2, -0.15) is 0 Å². The molecule has 1 fully saturated rings. The molecule has 3 aliphatic carbocycles. The summed E-state index contributed by atoms with van der Waals surface area (Å²) in [5.74, 6) is -10.1. The van der Waals surface area contributed by atoms with Gasteiger partial charge in [-0.1, -0.05) is 13.0 Å². The number of amides is 2. The Kier molecular flexibility index (Phi) is 5.11. The van der Waals surface area contributed by atoms with Gasteiger partial charge in [0.2, 0.25) is 5.78 Å². The maximum absolute atomic E-state index is 13.6. The Morgan fingerprint density at radius 3 is 2.32 bits per heavy atom. The topological polar surface area (TPSA) is 199 Å². The van der Waals surface area contributed by atoms with Crippen molar-refractivity contribution in [3.05, 3.63) is 45.7 Å². The van der Waals surface area contributed by atoms with Crippen molar-refractivity contribution in [2.24, 2.45) is 17.6 Å². The molecule has 11 heteroatoms. The lowest BCUT2D eigenvalue weighted by Gasteiger charge is -2.50. The van der Waals surface area contributed by atoms with Crippen molar-refractivity contribution < 1.29 is 44.7 Å². The number of phenols is 1. The second-order valence-corrected chi connectivity index (χ2v) is 9.11. The van der Waals surface area contributed by atoms with Crippen LogP contribution < -0.4 is 5.73 Å². The van der Waals surface area contributed by atoms with Gasteiger partial charge in [-0.05, 0) is 17.5 Å². The summed E-state index contributed by atoms with van der Waals surface area (Å²) in [6, 6.07) is 2.84. The number of carbonyl (C=O) groups is 4. The highest BCUT2D eigenvalue weighted by Crippen LogP contribution is 2.55. The molecule has 4 rings (SSSR count). The van der Waals surface area contributed by atoms with Gasteiger partial charge in [-0.25, -0.2) is 0 Å². The van der Waals surface area contributed by atoms with Crippen LogP contribution in [0.1, 0.15) is 40.7 Å². The Bertz CT molecular complexity index is 1250. The fourth-order valence-corrected chi connectivity index (χ4v) is 5.41. The minimum absolute atomic E-state index is 0.149. The molecule has 1 saturated carbocycles. The number of Topliss-reactive ketones (excluding diaryl/α,β-unsaturated/α-hetero) is 2. The van der Waals surface area contributed by atoms with Gasteiger partial charge in [-0.15, -0.1) is 0 Å². The number of hydrogen-bond acceptors (Lipinski definition) is 9. The van der Waals surface area contributed by atoms with Gasteiger partial charge in [0.25, 0.3) is 11.8 Å². The van der Waals surface area contributed by atoms with Crippen LogP contribution in [-0.2, 0) is 14.4 Å². The second kappa shape index (κ2) is 7.40. The Morgan fingerprint density at radius 1 is 1.15 bits per heavy atom. The summed E-state index contributed by atoms with van der Waals surface area (Å²) in [6.45, 7) is 1.61. The number of ketones is 2. The van der Waals surface area contributed by atoms with Crippen LogP contribution in [0.4, 0.5) is 0 Å². The fraction of sp³-hybridized carbons (Fsp3) is 0.391. The molecule has 1 aromatic rings. The van der Waals surface area contributed by atoms with Crippen molar-refractivity contribution in [3.8, 4) is 5.75 Å². The number of aliphatic hydroxyl groups is 4. The van der Waals surface area contributed by atoms with E-state index in [9.17, 15) is 44.7 Å². The van der Waals surface area contributed by atoms with Crippen LogP contribution in [-0.4, -0.2) is 79.6 Å². The van der Waals surface area contributed by atoms with E-state index in [1.165, 1.54) is 31.1 Å². The molecule has 1 aromatic carbocycles. The lowest BCUT2D eigenvalue weighted by molar-refractivity contribution is -0.160. The van der Waals surface area contributed by atoms with Crippen LogP contribution >= 0.6 is 0 Å². The molecule has 180 valence electrons. The summed E-state index contributed by atoms with van der Waals surface area (Å²) in [5, 5.41) is 55.0. The number of hydrogen-bond donors (Lipinski definition) is 6. The van der Waals surface area contributed by atoms with Crippen LogP contribution in [0, 0.1) is 11.8 Å². The molecule has 0 heterocycles. The Balaban J connectivity index is 2.00. The van der Waals surface area contributed by atoms with E-state index in [0.717, 1.165) is 0 Å². The molecule has 2 amide bonds. The number of aliphatic hydroxyl groups excluding tert-OH is 3. The first-order valence-electron chi connectivity index (χ1n) is 10.5. The highest BCUT2D eigenvalue weighted by Gasteiger charge is 2.64. The lowest BCUT2D eigenvalue weighted by Crippen LogP contribution is -2.63. The largest absolute Gasteiger partial charge is 0.508 e. The molecule has 0 saturated heterocycles. The summed E-state index contributed by atoms with van der Waals surface area (Å²) >= 11 is 0. The Hall–Kier alpha value is -3.70. The van der Waals surface area contributed by atoms with Crippen LogP contribution in [0.3, 0.4) is 0 Å². The van der Waals surface area contributed by atoms with Crippen molar-refractivity contribution >= 4 is 29.1 Å². The minimum Gasteiger partial charge on any atom is -0.508 e. The first-order chi connectivity index (χ1) is 15.8. The second-order valence-electron chi connectivity index (χ2n) is 9.11. The average molecular weight is 472 g/mol. The standard InChI is InChI=1S/C23H24N2O9/c1-7-8-4-5-9(22(33)25(2)3)16(27)13(8)18(29)15-12(7)17(28)10-6-11(26)14(21(24)32)19(30)23(10,34)20(15)31/h4-5,7,10,12,17,27-30,34H,6H2,1-3H3,(H2,24,32)/t7-,10+,12+,17+,23+/m0/s1. The van der Waals surface area contributed by atoms with Gasteiger partial charge in [0, 0.05) is 37.9 Å². The van der Waals surface area contributed by atoms with E-state index in [2.05, 4.69) is 0 Å². The first-order valence-corrected chi connectivity index (χ1v) is 10.5. The third-order valence-corrected chi connectivity index (χ3v) is 7.14. The van der Waals surface area contributed by atoms with E-state index in [4.69, 9.17) is 5.73 Å². The fourth-order valence-electron chi connectivity index (χ4n) is 5.41. The van der Waals surface area contributed by atoms with Crippen LogP contribution in [0.5, 0.6) is 5.75 Å². The third-order valence-electron chi connectivity index (χ3n) is 7.14. The van der Waals surface area contributed by atoms with E-state index in [1.54, 1.807) is 6.92 Å². The van der Waals surface area contributed by atoms with Gasteiger partial charge in [0.05, 0.1) is 17.2 Å². The van der Waals surface area contributed by atoms with E-state index in [1.807, 2.05) is 0 Å². The molecular weight excluding hydrogens is 448 g/mol. The van der Waals surface area contributed by atoms with Gasteiger partial charge in [0.1, 0.15) is 22.8 Å². The van der Waals surface area contributed by atoms with E-state index in [0.29, 0.717) is 5.56 Å². The Morgan fingerprint density at radius 2 is 1.76 bits per heavy atom. The van der Waals surface area contributed by atoms with Gasteiger partial charge < -0.3 is 36.2 Å². The molecule has 0 unspecified atom stereocenters. The number of rotatable bonds is 2. The Labute approximate surface area is 193 Å². The molecule has 0 bridgehead atoms. The van der Waals surface area contributed by atoms with Crippen LogP contribution in [0.25, 0.3) is 5.76 Å². The van der Waals surface area contributed by atoms with Crippen molar-refractivity contribution in [2.75, 3.05) is 14.1 Å². The van der Waals surface area contributed by atoms with Gasteiger partial charge >= 0.3 is 0 Å². The SMILES string of the molecule is C[C@H]1c2ccc(C(=O)N(C)C)c(O)c2C(O)=C2C(=O)[C@]3(O)C(O)=C(C(N)=O)C(=O)C[C@@H]3[C@@H](O)[C@@H]21. The number of primary amides is 1. The van der Waals surface area contributed by atoms with Crippen LogP contribution in [0.2, 0.25) is 0 Å². The summed E-state index contributed by atoms with van der Waals surface area (Å²) in [5.41, 5.74) is 0.752. The molecular formula is C23H24N2O9. The molecule has 0 aromatic heterocycles. The molecule has 34 heavy (non-hydrogen) atoms. The number of carbonyl (C=O) groups excluding carboxylic acids is 4. The third kappa shape index (κ3) is 2.77. The maximum Gasteiger partial charge on any atom is 0.257 e. The van der Waals surface area contributed by atoms with Gasteiger partial charge in [-0.3, -0.25) is 19.2 Å². The van der Waals surface area contributed by atoms with E-state index < -0.39 is 87.7 Å². The predicted molar refractivity (Wildman–Crippen MR) is 116 cm³/mol. The summed E-state index contributed by atoms with van der Waals surface area (Å²) in [4.78, 5) is 51.4. The lowest BCUT2D eigenvalue weighted by atomic mass is 9.55. The highest BCUT2D eigenvalue weighted by atomic mass is 16.4. The molecule has 0 radical (unpaired) electrons. The normalized spacial score (nSPS) is 30.5. The molecule has 0 spiro atoms. The van der Waals surface area contributed by atoms with Crippen molar-refractivity contribution in [3.63, 3.8) is 0 Å². The van der Waals surface area contributed by atoms with Crippen molar-refractivity contribution in [1.82, 2.24) is 4.90 Å². The quantitative estimate of drug-likeness (QED) is 0.312. The minimum atomic E-state index is -2.90.